The summed E-state index contributed by atoms with van der Waals surface area (Å²) in [6.45, 7) is 5.47. The van der Waals surface area contributed by atoms with E-state index in [-0.39, 0.29) is 11.6 Å². The lowest BCUT2D eigenvalue weighted by Gasteiger charge is -2.37. The number of halogens is 3. The van der Waals surface area contributed by atoms with Crippen LogP contribution < -0.4 is 5.32 Å². The summed E-state index contributed by atoms with van der Waals surface area (Å²) in [6, 6.07) is 13.8. The first kappa shape index (κ1) is 21.8. The van der Waals surface area contributed by atoms with Crippen molar-refractivity contribution >= 4 is 11.6 Å². The largest absolute Gasteiger partial charge is 0.416 e. The van der Waals surface area contributed by atoms with Crippen molar-refractivity contribution in [1.29, 1.82) is 5.26 Å². The van der Waals surface area contributed by atoms with Gasteiger partial charge in [-0.1, -0.05) is 18.2 Å². The fourth-order valence-corrected chi connectivity index (χ4v) is 3.44. The average Bonchev–Trinajstić information content (AvgIpc) is 2.74. The highest BCUT2D eigenvalue weighted by molar-refractivity contribution is 5.94. The SMILES string of the molecule is C[C@H](C(=O)Nc1cccc(C(F)(F)F)c1)N1CCN(Cc2ccc(C#N)cc2)CC1. The Balaban J connectivity index is 1.51. The molecule has 5 nitrogen and oxygen atoms in total. The standard InChI is InChI=1S/C22H23F3N4O/c1-16(21(30)27-20-4-2-3-19(13-20)22(23,24)25)29-11-9-28(10-12-29)15-18-7-5-17(14-26)6-8-18/h2-8,13,16H,9-12,15H2,1H3,(H,27,30)/t16-/m1/s1. The van der Waals surface area contributed by atoms with E-state index < -0.39 is 17.8 Å². The van der Waals surface area contributed by atoms with Gasteiger partial charge in [-0.05, 0) is 42.8 Å². The summed E-state index contributed by atoms with van der Waals surface area (Å²) >= 11 is 0. The summed E-state index contributed by atoms with van der Waals surface area (Å²) in [5, 5.41) is 11.5. The summed E-state index contributed by atoms with van der Waals surface area (Å²) in [7, 11) is 0. The van der Waals surface area contributed by atoms with Crippen LogP contribution in [0.2, 0.25) is 0 Å². The molecule has 0 bridgehead atoms. The second-order valence-electron chi connectivity index (χ2n) is 7.36. The van der Waals surface area contributed by atoms with Crippen LogP contribution >= 0.6 is 0 Å². The van der Waals surface area contributed by atoms with E-state index in [4.69, 9.17) is 5.26 Å². The van der Waals surface area contributed by atoms with Gasteiger partial charge >= 0.3 is 6.18 Å². The molecule has 8 heteroatoms. The number of piperazine rings is 1. The van der Waals surface area contributed by atoms with Gasteiger partial charge in [0, 0.05) is 38.4 Å². The summed E-state index contributed by atoms with van der Waals surface area (Å²) in [5.74, 6) is -0.324. The fraction of sp³-hybridized carbons (Fsp3) is 0.364. The second-order valence-corrected chi connectivity index (χ2v) is 7.36. The maximum Gasteiger partial charge on any atom is 0.416 e. The predicted octanol–water partition coefficient (Wildman–Crippen LogP) is 3.72. The van der Waals surface area contributed by atoms with Gasteiger partial charge in [-0.3, -0.25) is 14.6 Å². The summed E-state index contributed by atoms with van der Waals surface area (Å²) < 4.78 is 38.5. The number of hydrogen-bond acceptors (Lipinski definition) is 4. The van der Waals surface area contributed by atoms with E-state index in [2.05, 4.69) is 16.3 Å². The molecule has 0 saturated carbocycles. The van der Waals surface area contributed by atoms with Crippen molar-refractivity contribution in [1.82, 2.24) is 9.80 Å². The van der Waals surface area contributed by atoms with Gasteiger partial charge in [-0.15, -0.1) is 0 Å². The lowest BCUT2D eigenvalue weighted by molar-refractivity contribution is -0.137. The van der Waals surface area contributed by atoms with Crippen LogP contribution in [0.25, 0.3) is 0 Å². The van der Waals surface area contributed by atoms with Crippen LogP contribution in [-0.4, -0.2) is 47.9 Å². The fourth-order valence-electron chi connectivity index (χ4n) is 3.44. The first-order chi connectivity index (χ1) is 14.3. The molecule has 3 rings (SSSR count). The molecule has 0 radical (unpaired) electrons. The number of benzene rings is 2. The number of anilines is 1. The zero-order chi connectivity index (χ0) is 21.7. The molecule has 2 aromatic carbocycles. The number of nitriles is 1. The van der Waals surface area contributed by atoms with Crippen molar-refractivity contribution in [2.75, 3.05) is 31.5 Å². The number of nitrogens with zero attached hydrogens (tertiary/aromatic N) is 3. The zero-order valence-corrected chi connectivity index (χ0v) is 16.6. The number of alkyl halides is 3. The molecule has 0 aromatic heterocycles. The second kappa shape index (κ2) is 9.28. The molecular formula is C22H23F3N4O. The molecule has 1 amide bonds. The number of rotatable bonds is 5. The zero-order valence-electron chi connectivity index (χ0n) is 16.6. The highest BCUT2D eigenvalue weighted by atomic mass is 19.4. The Bertz CT molecular complexity index is 913. The highest BCUT2D eigenvalue weighted by Crippen LogP contribution is 2.30. The van der Waals surface area contributed by atoms with E-state index in [1.54, 1.807) is 19.1 Å². The van der Waals surface area contributed by atoms with E-state index in [1.807, 2.05) is 17.0 Å². The van der Waals surface area contributed by atoms with Crippen molar-refractivity contribution in [3.63, 3.8) is 0 Å². The van der Waals surface area contributed by atoms with Gasteiger partial charge in [0.1, 0.15) is 0 Å². The lowest BCUT2D eigenvalue weighted by atomic mass is 10.1. The number of amides is 1. The number of hydrogen-bond donors (Lipinski definition) is 1. The Morgan fingerprint density at radius 1 is 1.13 bits per heavy atom. The molecule has 158 valence electrons. The Labute approximate surface area is 173 Å². The molecule has 1 aliphatic heterocycles. The van der Waals surface area contributed by atoms with E-state index >= 15 is 0 Å². The van der Waals surface area contributed by atoms with E-state index in [9.17, 15) is 18.0 Å². The van der Waals surface area contributed by atoms with Gasteiger partial charge in [0.2, 0.25) is 5.91 Å². The maximum atomic E-state index is 12.8. The molecule has 1 N–H and O–H groups in total. The molecular weight excluding hydrogens is 393 g/mol. The van der Waals surface area contributed by atoms with Crippen LogP contribution in [0.5, 0.6) is 0 Å². The minimum Gasteiger partial charge on any atom is -0.325 e. The summed E-state index contributed by atoms with van der Waals surface area (Å²) in [4.78, 5) is 16.8. The summed E-state index contributed by atoms with van der Waals surface area (Å²) in [6.07, 6.45) is -4.45. The van der Waals surface area contributed by atoms with Crippen molar-refractivity contribution in [2.45, 2.75) is 25.7 Å². The maximum absolute atomic E-state index is 12.8. The molecule has 0 unspecified atom stereocenters. The Hall–Kier alpha value is -2.89. The van der Waals surface area contributed by atoms with Crippen LogP contribution in [-0.2, 0) is 17.5 Å². The van der Waals surface area contributed by atoms with Crippen molar-refractivity contribution in [3.05, 3.63) is 65.2 Å². The number of nitrogens with one attached hydrogen (secondary N) is 1. The molecule has 1 aliphatic rings. The van der Waals surface area contributed by atoms with Gasteiger partial charge in [0.05, 0.1) is 23.2 Å². The van der Waals surface area contributed by atoms with Crippen LogP contribution in [0.3, 0.4) is 0 Å². The first-order valence-electron chi connectivity index (χ1n) is 9.70. The van der Waals surface area contributed by atoms with Gasteiger partial charge < -0.3 is 5.32 Å². The van der Waals surface area contributed by atoms with Crippen LogP contribution in [0.1, 0.15) is 23.6 Å². The van der Waals surface area contributed by atoms with Gasteiger partial charge in [-0.25, -0.2) is 0 Å². The van der Waals surface area contributed by atoms with E-state index in [1.165, 1.54) is 12.1 Å². The molecule has 1 atom stereocenters. The first-order valence-corrected chi connectivity index (χ1v) is 9.70. The molecule has 0 aliphatic carbocycles. The highest BCUT2D eigenvalue weighted by Gasteiger charge is 2.31. The molecule has 2 aromatic rings. The Kier molecular flexibility index (Phi) is 6.75. The minimum absolute atomic E-state index is 0.140. The molecule has 30 heavy (non-hydrogen) atoms. The lowest BCUT2D eigenvalue weighted by Crippen LogP contribution is -2.52. The van der Waals surface area contributed by atoms with E-state index in [0.29, 0.717) is 18.7 Å². The molecule has 1 fully saturated rings. The third kappa shape index (κ3) is 5.59. The Morgan fingerprint density at radius 2 is 1.80 bits per heavy atom. The normalized spacial score (nSPS) is 16.6. The molecule has 1 saturated heterocycles. The number of carbonyl (C=O) groups excluding carboxylic acids is 1. The van der Waals surface area contributed by atoms with E-state index in [0.717, 1.165) is 37.3 Å². The van der Waals surface area contributed by atoms with Gasteiger partial charge in [-0.2, -0.15) is 18.4 Å². The van der Waals surface area contributed by atoms with Crippen LogP contribution in [0.15, 0.2) is 48.5 Å². The molecule has 0 spiro atoms. The van der Waals surface area contributed by atoms with Gasteiger partial charge in [0.15, 0.2) is 0 Å². The third-order valence-electron chi connectivity index (χ3n) is 5.28. The van der Waals surface area contributed by atoms with Crippen LogP contribution in [0, 0.1) is 11.3 Å². The van der Waals surface area contributed by atoms with Crippen molar-refractivity contribution in [2.24, 2.45) is 0 Å². The van der Waals surface area contributed by atoms with Crippen LogP contribution in [0.4, 0.5) is 18.9 Å². The quantitative estimate of drug-likeness (QED) is 0.807. The monoisotopic (exact) mass is 416 g/mol. The third-order valence-corrected chi connectivity index (χ3v) is 5.28. The average molecular weight is 416 g/mol. The smallest absolute Gasteiger partial charge is 0.325 e. The Morgan fingerprint density at radius 3 is 2.40 bits per heavy atom. The topological polar surface area (TPSA) is 59.4 Å². The molecule has 1 heterocycles. The minimum atomic E-state index is -4.45. The predicted molar refractivity (Wildman–Crippen MR) is 108 cm³/mol. The summed E-state index contributed by atoms with van der Waals surface area (Å²) in [5.41, 5.74) is 1.10. The van der Waals surface area contributed by atoms with Crippen molar-refractivity contribution in [3.8, 4) is 6.07 Å². The number of carbonyl (C=O) groups is 1. The van der Waals surface area contributed by atoms with Crippen molar-refractivity contribution < 1.29 is 18.0 Å². The van der Waals surface area contributed by atoms with Gasteiger partial charge in [0.25, 0.3) is 0 Å².